The number of nitrogens with one attached hydrogen (secondary N) is 1. The number of thioether (sulfide) groups is 1. The molecule has 1 atom stereocenters. The summed E-state index contributed by atoms with van der Waals surface area (Å²) in [5.74, 6) is 2.10. The van der Waals surface area contributed by atoms with E-state index in [4.69, 9.17) is 0 Å². The fourth-order valence-electron chi connectivity index (χ4n) is 2.45. The van der Waals surface area contributed by atoms with E-state index in [9.17, 15) is 0 Å². The van der Waals surface area contributed by atoms with Crippen molar-refractivity contribution >= 4 is 16.9 Å². The Morgan fingerprint density at radius 1 is 1.41 bits per heavy atom. The number of amidine groups is 1. The lowest BCUT2D eigenvalue weighted by Crippen LogP contribution is -2.30. The standard InChI is InChI=1S/C13H25N3S/c1-3-12-10-17-13(15-12)14-7-4-11-5-8-16(2)9-6-11/h11-12H,3-10H2,1-2H3,(H,14,15). The summed E-state index contributed by atoms with van der Waals surface area (Å²) in [4.78, 5) is 7.12. The van der Waals surface area contributed by atoms with Crippen LogP contribution in [-0.4, -0.2) is 48.5 Å². The number of rotatable bonds is 4. The smallest absolute Gasteiger partial charge is 0.156 e. The maximum atomic E-state index is 4.69. The fraction of sp³-hybridized carbons (Fsp3) is 0.923. The van der Waals surface area contributed by atoms with Gasteiger partial charge in [-0.15, -0.1) is 0 Å². The summed E-state index contributed by atoms with van der Waals surface area (Å²) in [7, 11) is 2.22. The Morgan fingerprint density at radius 2 is 2.18 bits per heavy atom. The lowest BCUT2D eigenvalue weighted by Gasteiger charge is -2.28. The van der Waals surface area contributed by atoms with Crippen LogP contribution in [0, 0.1) is 5.92 Å². The molecule has 0 bridgehead atoms. The van der Waals surface area contributed by atoms with E-state index in [1.165, 1.54) is 49.7 Å². The number of hydrogen-bond donors (Lipinski definition) is 1. The van der Waals surface area contributed by atoms with Gasteiger partial charge in [0.25, 0.3) is 0 Å². The van der Waals surface area contributed by atoms with Gasteiger partial charge in [-0.2, -0.15) is 0 Å². The molecule has 0 amide bonds. The number of hydrogen-bond acceptors (Lipinski definition) is 3. The first-order valence-corrected chi connectivity index (χ1v) is 7.88. The highest BCUT2D eigenvalue weighted by molar-refractivity contribution is 8.14. The molecule has 0 aromatic heterocycles. The van der Waals surface area contributed by atoms with Gasteiger partial charge < -0.3 is 10.2 Å². The van der Waals surface area contributed by atoms with Crippen LogP contribution >= 0.6 is 11.8 Å². The predicted molar refractivity (Wildman–Crippen MR) is 76.8 cm³/mol. The molecule has 2 aliphatic heterocycles. The summed E-state index contributed by atoms with van der Waals surface area (Å²) in [6, 6.07) is 0.655. The molecule has 0 aromatic rings. The van der Waals surface area contributed by atoms with Gasteiger partial charge in [-0.1, -0.05) is 18.7 Å². The molecule has 0 aliphatic carbocycles. The molecule has 2 rings (SSSR count). The molecular formula is C13H25N3S. The Balaban J connectivity index is 1.64. The molecule has 4 heteroatoms. The molecule has 0 radical (unpaired) electrons. The molecule has 17 heavy (non-hydrogen) atoms. The highest BCUT2D eigenvalue weighted by Gasteiger charge is 2.19. The van der Waals surface area contributed by atoms with Gasteiger partial charge in [0.15, 0.2) is 5.17 Å². The number of piperidine rings is 1. The van der Waals surface area contributed by atoms with E-state index in [-0.39, 0.29) is 0 Å². The van der Waals surface area contributed by atoms with Crippen LogP contribution in [0.2, 0.25) is 0 Å². The van der Waals surface area contributed by atoms with Gasteiger partial charge in [0.2, 0.25) is 0 Å². The van der Waals surface area contributed by atoms with E-state index < -0.39 is 0 Å². The van der Waals surface area contributed by atoms with Crippen molar-refractivity contribution in [2.45, 2.75) is 38.6 Å². The third-order valence-electron chi connectivity index (χ3n) is 3.87. The van der Waals surface area contributed by atoms with Crippen molar-refractivity contribution in [1.82, 2.24) is 10.2 Å². The Labute approximate surface area is 109 Å². The van der Waals surface area contributed by atoms with E-state index >= 15 is 0 Å². The van der Waals surface area contributed by atoms with Crippen LogP contribution in [0.4, 0.5) is 0 Å². The number of likely N-dealkylation sites (tertiary alicyclic amines) is 1. The molecule has 2 aliphatic rings. The van der Waals surface area contributed by atoms with Crippen molar-refractivity contribution in [3.8, 4) is 0 Å². The molecule has 98 valence electrons. The minimum Gasteiger partial charge on any atom is -0.361 e. The van der Waals surface area contributed by atoms with Crippen LogP contribution in [0.25, 0.3) is 0 Å². The van der Waals surface area contributed by atoms with Crippen molar-refractivity contribution in [3.05, 3.63) is 0 Å². The zero-order valence-electron chi connectivity index (χ0n) is 11.1. The molecule has 0 spiro atoms. The van der Waals surface area contributed by atoms with Gasteiger partial charge in [-0.25, -0.2) is 0 Å². The number of aliphatic imine (C=N–C) groups is 1. The first kappa shape index (κ1) is 13.2. The molecular weight excluding hydrogens is 230 g/mol. The van der Waals surface area contributed by atoms with E-state index in [1.54, 1.807) is 0 Å². The highest BCUT2D eigenvalue weighted by Crippen LogP contribution is 2.20. The van der Waals surface area contributed by atoms with Gasteiger partial charge in [-0.05, 0) is 51.7 Å². The first-order valence-electron chi connectivity index (χ1n) is 6.90. The largest absolute Gasteiger partial charge is 0.361 e. The van der Waals surface area contributed by atoms with Gasteiger partial charge in [0.05, 0.1) is 0 Å². The fourth-order valence-corrected chi connectivity index (χ4v) is 3.56. The molecule has 2 fully saturated rings. The summed E-state index contributed by atoms with van der Waals surface area (Å²) >= 11 is 1.89. The van der Waals surface area contributed by atoms with Crippen LogP contribution in [0.5, 0.6) is 0 Å². The van der Waals surface area contributed by atoms with Crippen molar-refractivity contribution in [1.29, 1.82) is 0 Å². The molecule has 3 nitrogen and oxygen atoms in total. The van der Waals surface area contributed by atoms with Crippen LogP contribution in [0.1, 0.15) is 32.6 Å². The normalized spacial score (nSPS) is 29.8. The van der Waals surface area contributed by atoms with Crippen LogP contribution < -0.4 is 5.32 Å². The summed E-state index contributed by atoms with van der Waals surface area (Å²) in [6.45, 7) is 5.79. The second-order valence-corrected chi connectivity index (χ2v) is 6.29. The Morgan fingerprint density at radius 3 is 2.82 bits per heavy atom. The molecule has 1 N–H and O–H groups in total. The Hall–Kier alpha value is -0.220. The second kappa shape index (κ2) is 6.64. The minimum absolute atomic E-state index is 0.655. The number of nitrogens with zero attached hydrogens (tertiary/aromatic N) is 2. The van der Waals surface area contributed by atoms with Gasteiger partial charge >= 0.3 is 0 Å². The maximum absolute atomic E-state index is 4.69. The minimum atomic E-state index is 0.655. The third kappa shape index (κ3) is 4.18. The molecule has 2 saturated heterocycles. The second-order valence-electron chi connectivity index (χ2n) is 5.28. The Kier molecular flexibility index (Phi) is 5.16. The summed E-state index contributed by atoms with van der Waals surface area (Å²) in [5.41, 5.74) is 0. The zero-order valence-corrected chi connectivity index (χ0v) is 11.9. The monoisotopic (exact) mass is 255 g/mol. The van der Waals surface area contributed by atoms with Crippen molar-refractivity contribution < 1.29 is 0 Å². The van der Waals surface area contributed by atoms with Crippen LogP contribution in [-0.2, 0) is 0 Å². The van der Waals surface area contributed by atoms with Crippen molar-refractivity contribution in [2.24, 2.45) is 10.9 Å². The van der Waals surface area contributed by atoms with E-state index in [1.807, 2.05) is 11.8 Å². The van der Waals surface area contributed by atoms with E-state index in [0.29, 0.717) is 6.04 Å². The van der Waals surface area contributed by atoms with Crippen molar-refractivity contribution in [3.63, 3.8) is 0 Å². The molecule has 0 saturated carbocycles. The van der Waals surface area contributed by atoms with Crippen LogP contribution in [0.3, 0.4) is 0 Å². The highest BCUT2D eigenvalue weighted by atomic mass is 32.2. The molecule has 2 heterocycles. The molecule has 1 unspecified atom stereocenters. The average molecular weight is 255 g/mol. The SMILES string of the molecule is CCC1CSC(=NCCC2CCN(C)CC2)N1. The third-order valence-corrected chi connectivity index (χ3v) is 4.96. The topological polar surface area (TPSA) is 27.6 Å². The summed E-state index contributed by atoms with van der Waals surface area (Å²) < 4.78 is 0. The lowest BCUT2D eigenvalue weighted by molar-refractivity contribution is 0.214. The van der Waals surface area contributed by atoms with Gasteiger partial charge in [0, 0.05) is 18.3 Å². The quantitative estimate of drug-likeness (QED) is 0.834. The van der Waals surface area contributed by atoms with E-state index in [2.05, 4.69) is 29.2 Å². The van der Waals surface area contributed by atoms with Crippen molar-refractivity contribution in [2.75, 3.05) is 32.4 Å². The Bertz CT molecular complexity index is 259. The maximum Gasteiger partial charge on any atom is 0.156 e. The molecule has 0 aromatic carbocycles. The first-order chi connectivity index (χ1) is 8.28. The predicted octanol–water partition coefficient (Wildman–Crippen LogP) is 2.19. The summed E-state index contributed by atoms with van der Waals surface area (Å²) in [6.07, 6.45) is 5.20. The van der Waals surface area contributed by atoms with Gasteiger partial charge in [0.1, 0.15) is 0 Å². The lowest BCUT2D eigenvalue weighted by atomic mass is 9.94. The summed E-state index contributed by atoms with van der Waals surface area (Å²) in [5, 5.41) is 4.68. The zero-order chi connectivity index (χ0) is 12.1. The van der Waals surface area contributed by atoms with Crippen LogP contribution in [0.15, 0.2) is 4.99 Å². The average Bonchev–Trinajstić information content (AvgIpc) is 2.80. The van der Waals surface area contributed by atoms with Gasteiger partial charge in [-0.3, -0.25) is 4.99 Å². The van der Waals surface area contributed by atoms with E-state index in [0.717, 1.165) is 12.5 Å².